The third-order valence-corrected chi connectivity index (χ3v) is 2.15. The summed E-state index contributed by atoms with van der Waals surface area (Å²) >= 11 is 0. The molecule has 0 spiro atoms. The van der Waals surface area contributed by atoms with E-state index in [4.69, 9.17) is 4.74 Å². The predicted octanol–water partition coefficient (Wildman–Crippen LogP) is 3.07. The standard InChI is InChI=1S/C13H18O2/c1-10(14)12(13(2,3)4)15-11-8-6-5-7-9-11/h5-9,12H,1-4H3. The summed E-state index contributed by atoms with van der Waals surface area (Å²) in [5.74, 6) is 0.805. The van der Waals surface area contributed by atoms with E-state index in [9.17, 15) is 4.79 Å². The zero-order chi connectivity index (χ0) is 11.5. The van der Waals surface area contributed by atoms with Crippen molar-refractivity contribution in [2.24, 2.45) is 5.41 Å². The van der Waals surface area contributed by atoms with E-state index in [0.717, 1.165) is 5.75 Å². The molecule has 0 aliphatic rings. The molecule has 15 heavy (non-hydrogen) atoms. The van der Waals surface area contributed by atoms with Gasteiger partial charge in [-0.3, -0.25) is 4.79 Å². The second kappa shape index (κ2) is 4.47. The lowest BCUT2D eigenvalue weighted by Crippen LogP contribution is -2.38. The van der Waals surface area contributed by atoms with Crippen LogP contribution in [0.15, 0.2) is 30.3 Å². The minimum absolute atomic E-state index is 0.0614. The highest BCUT2D eigenvalue weighted by molar-refractivity contribution is 5.81. The van der Waals surface area contributed by atoms with E-state index in [2.05, 4.69) is 0 Å². The number of para-hydroxylation sites is 1. The van der Waals surface area contributed by atoms with E-state index in [1.165, 1.54) is 0 Å². The van der Waals surface area contributed by atoms with Gasteiger partial charge >= 0.3 is 0 Å². The van der Waals surface area contributed by atoms with Crippen molar-refractivity contribution in [1.82, 2.24) is 0 Å². The maximum absolute atomic E-state index is 11.5. The molecule has 1 atom stereocenters. The van der Waals surface area contributed by atoms with Crippen molar-refractivity contribution in [2.45, 2.75) is 33.8 Å². The van der Waals surface area contributed by atoms with Gasteiger partial charge in [0.25, 0.3) is 0 Å². The van der Waals surface area contributed by atoms with Gasteiger partial charge in [0.2, 0.25) is 0 Å². The van der Waals surface area contributed by atoms with Crippen molar-refractivity contribution in [1.29, 1.82) is 0 Å². The van der Waals surface area contributed by atoms with Crippen LogP contribution in [0.25, 0.3) is 0 Å². The van der Waals surface area contributed by atoms with Crippen LogP contribution in [0.4, 0.5) is 0 Å². The number of rotatable bonds is 3. The Kier molecular flexibility index (Phi) is 3.51. The van der Waals surface area contributed by atoms with Gasteiger partial charge in [-0.2, -0.15) is 0 Å². The monoisotopic (exact) mass is 206 g/mol. The molecule has 1 unspecified atom stereocenters. The van der Waals surface area contributed by atoms with Gasteiger partial charge in [-0.05, 0) is 19.1 Å². The molecule has 1 aromatic carbocycles. The number of hydrogen-bond acceptors (Lipinski definition) is 2. The lowest BCUT2D eigenvalue weighted by atomic mass is 9.87. The third kappa shape index (κ3) is 3.39. The Bertz CT molecular complexity index is 322. The van der Waals surface area contributed by atoms with Crippen LogP contribution >= 0.6 is 0 Å². The largest absolute Gasteiger partial charge is 0.482 e. The maximum atomic E-state index is 11.5. The fourth-order valence-electron chi connectivity index (χ4n) is 1.50. The van der Waals surface area contributed by atoms with Crippen LogP contribution in [-0.2, 0) is 4.79 Å². The molecule has 0 aliphatic heterocycles. The van der Waals surface area contributed by atoms with E-state index < -0.39 is 0 Å². The van der Waals surface area contributed by atoms with Crippen LogP contribution in [0.5, 0.6) is 5.75 Å². The Labute approximate surface area is 91.3 Å². The molecule has 2 heteroatoms. The van der Waals surface area contributed by atoms with Gasteiger partial charge in [0.1, 0.15) is 5.75 Å². The van der Waals surface area contributed by atoms with Gasteiger partial charge in [0, 0.05) is 5.41 Å². The van der Waals surface area contributed by atoms with Crippen molar-refractivity contribution in [3.63, 3.8) is 0 Å². The first-order valence-corrected chi connectivity index (χ1v) is 5.13. The average Bonchev–Trinajstić information content (AvgIpc) is 2.13. The minimum atomic E-state index is -0.389. The van der Waals surface area contributed by atoms with E-state index in [1.54, 1.807) is 6.92 Å². The fourth-order valence-corrected chi connectivity index (χ4v) is 1.50. The van der Waals surface area contributed by atoms with E-state index in [0.29, 0.717) is 0 Å². The number of ether oxygens (including phenoxy) is 1. The normalized spacial score (nSPS) is 13.3. The summed E-state index contributed by atoms with van der Waals surface area (Å²) in [5.41, 5.74) is -0.179. The van der Waals surface area contributed by atoms with Crippen molar-refractivity contribution < 1.29 is 9.53 Å². The molecule has 0 aliphatic carbocycles. The van der Waals surface area contributed by atoms with Crippen LogP contribution in [-0.4, -0.2) is 11.9 Å². The maximum Gasteiger partial charge on any atom is 0.170 e. The molecule has 0 fully saturated rings. The summed E-state index contributed by atoms with van der Waals surface area (Å²) in [6, 6.07) is 9.44. The van der Waals surface area contributed by atoms with Crippen molar-refractivity contribution in [3.8, 4) is 5.75 Å². The summed E-state index contributed by atoms with van der Waals surface area (Å²) in [6.45, 7) is 7.57. The smallest absolute Gasteiger partial charge is 0.170 e. The quantitative estimate of drug-likeness (QED) is 0.759. The molecule has 0 saturated carbocycles. The molecular weight excluding hydrogens is 188 g/mol. The first-order valence-electron chi connectivity index (χ1n) is 5.13. The fraction of sp³-hybridized carbons (Fsp3) is 0.462. The van der Waals surface area contributed by atoms with Crippen molar-refractivity contribution in [3.05, 3.63) is 30.3 Å². The topological polar surface area (TPSA) is 26.3 Å². The van der Waals surface area contributed by atoms with Crippen LogP contribution in [0.2, 0.25) is 0 Å². The van der Waals surface area contributed by atoms with Crippen LogP contribution in [0, 0.1) is 5.41 Å². The van der Waals surface area contributed by atoms with Gasteiger partial charge in [-0.15, -0.1) is 0 Å². The molecule has 0 N–H and O–H groups in total. The SMILES string of the molecule is CC(=O)C(Oc1ccccc1)C(C)(C)C. The lowest BCUT2D eigenvalue weighted by Gasteiger charge is -2.28. The number of benzene rings is 1. The first-order chi connectivity index (χ1) is 6.91. The number of carbonyl (C=O) groups excluding carboxylic acids is 1. The third-order valence-electron chi connectivity index (χ3n) is 2.15. The summed E-state index contributed by atoms with van der Waals surface area (Å²) in [7, 11) is 0. The van der Waals surface area contributed by atoms with Crippen molar-refractivity contribution in [2.75, 3.05) is 0 Å². The Morgan fingerprint density at radius 2 is 1.73 bits per heavy atom. The number of hydrogen-bond donors (Lipinski definition) is 0. The number of Topliss-reactive ketones (excluding diaryl/α,β-unsaturated/α-hetero) is 1. The molecule has 1 aromatic rings. The molecular formula is C13H18O2. The molecule has 2 nitrogen and oxygen atoms in total. The van der Waals surface area contributed by atoms with Crippen LogP contribution < -0.4 is 4.74 Å². The Morgan fingerprint density at radius 1 is 1.20 bits per heavy atom. The molecule has 1 rings (SSSR count). The number of ketones is 1. The Balaban J connectivity index is 2.82. The first kappa shape index (κ1) is 11.8. The summed E-state index contributed by atoms with van der Waals surface area (Å²) < 4.78 is 5.69. The molecule has 82 valence electrons. The number of carbonyl (C=O) groups is 1. The molecule has 0 aromatic heterocycles. The summed E-state index contributed by atoms with van der Waals surface area (Å²) in [5, 5.41) is 0. The average molecular weight is 206 g/mol. The molecule has 0 bridgehead atoms. The van der Waals surface area contributed by atoms with Gasteiger partial charge in [0.05, 0.1) is 0 Å². The van der Waals surface area contributed by atoms with Gasteiger partial charge in [0.15, 0.2) is 11.9 Å². The van der Waals surface area contributed by atoms with Crippen molar-refractivity contribution >= 4 is 5.78 Å². The Morgan fingerprint density at radius 3 is 2.13 bits per heavy atom. The summed E-state index contributed by atoms with van der Waals surface area (Å²) in [4.78, 5) is 11.5. The second-order valence-corrected chi connectivity index (χ2v) is 4.79. The minimum Gasteiger partial charge on any atom is -0.482 e. The zero-order valence-electron chi connectivity index (χ0n) is 9.78. The van der Waals surface area contributed by atoms with Crippen LogP contribution in [0.3, 0.4) is 0 Å². The van der Waals surface area contributed by atoms with Gasteiger partial charge in [-0.1, -0.05) is 39.0 Å². The second-order valence-electron chi connectivity index (χ2n) is 4.79. The zero-order valence-corrected chi connectivity index (χ0v) is 9.78. The predicted molar refractivity (Wildman–Crippen MR) is 61.0 cm³/mol. The highest BCUT2D eigenvalue weighted by Gasteiger charge is 2.30. The highest BCUT2D eigenvalue weighted by Crippen LogP contribution is 2.25. The van der Waals surface area contributed by atoms with E-state index in [-0.39, 0.29) is 17.3 Å². The lowest BCUT2D eigenvalue weighted by molar-refractivity contribution is -0.128. The van der Waals surface area contributed by atoms with Gasteiger partial charge < -0.3 is 4.74 Å². The summed E-state index contributed by atoms with van der Waals surface area (Å²) in [6.07, 6.45) is -0.389. The highest BCUT2D eigenvalue weighted by atomic mass is 16.5. The Hall–Kier alpha value is -1.31. The molecule has 0 saturated heterocycles. The molecule has 0 amide bonds. The van der Waals surface area contributed by atoms with Gasteiger partial charge in [-0.25, -0.2) is 0 Å². The molecule has 0 heterocycles. The van der Waals surface area contributed by atoms with E-state index >= 15 is 0 Å². The molecule has 0 radical (unpaired) electrons. The van der Waals surface area contributed by atoms with Crippen LogP contribution in [0.1, 0.15) is 27.7 Å². The van der Waals surface area contributed by atoms with E-state index in [1.807, 2.05) is 51.1 Å².